The second kappa shape index (κ2) is 8.68. The molecule has 130 valence electrons. The highest BCUT2D eigenvalue weighted by atomic mass is 16.5. The Balaban J connectivity index is 1.98. The smallest absolute Gasteiger partial charge is 0.338 e. The van der Waals surface area contributed by atoms with Crippen molar-refractivity contribution in [1.29, 1.82) is 0 Å². The highest BCUT2D eigenvalue weighted by Crippen LogP contribution is 2.17. The maximum atomic E-state index is 12.3. The zero-order valence-corrected chi connectivity index (χ0v) is 14.4. The summed E-state index contributed by atoms with van der Waals surface area (Å²) >= 11 is 0. The molecule has 0 fully saturated rings. The van der Waals surface area contributed by atoms with Crippen LogP contribution in [-0.4, -0.2) is 25.5 Å². The normalized spacial score (nSPS) is 10.0. The first-order valence-electron chi connectivity index (χ1n) is 7.92. The van der Waals surface area contributed by atoms with Crippen LogP contribution in [0.3, 0.4) is 0 Å². The molecular weight excluding hydrogens is 318 g/mol. The summed E-state index contributed by atoms with van der Waals surface area (Å²) in [5, 5.41) is 3.05. The fourth-order valence-electron chi connectivity index (χ4n) is 2.26. The molecule has 2 rings (SSSR count). The zero-order chi connectivity index (χ0) is 18.2. The molecule has 1 N–H and O–H groups in total. The third-order valence-corrected chi connectivity index (χ3v) is 3.48. The van der Waals surface area contributed by atoms with E-state index >= 15 is 0 Å². The number of anilines is 1. The molecule has 0 aliphatic rings. The first-order valence-corrected chi connectivity index (χ1v) is 7.92. The topological polar surface area (TPSA) is 64.6 Å². The van der Waals surface area contributed by atoms with Crippen LogP contribution in [0.5, 0.6) is 5.75 Å². The number of ether oxygens (including phenoxy) is 2. The number of Topliss-reactive ketones (excluding diaryl/α,β-unsaturated/α-hetero) is 1. The predicted octanol–water partition coefficient (Wildman–Crippen LogP) is 4.07. The molecule has 0 amide bonds. The van der Waals surface area contributed by atoms with Gasteiger partial charge in [0, 0.05) is 16.9 Å². The number of benzene rings is 2. The Morgan fingerprint density at radius 1 is 1.08 bits per heavy atom. The maximum absolute atomic E-state index is 12.3. The predicted molar refractivity (Wildman–Crippen MR) is 97.1 cm³/mol. The van der Waals surface area contributed by atoms with Gasteiger partial charge in [-0.25, -0.2) is 4.79 Å². The van der Waals surface area contributed by atoms with Gasteiger partial charge in [-0.1, -0.05) is 12.6 Å². The van der Waals surface area contributed by atoms with Crippen molar-refractivity contribution in [2.45, 2.75) is 13.3 Å². The minimum absolute atomic E-state index is 0.0540. The van der Waals surface area contributed by atoms with Crippen molar-refractivity contribution in [2.75, 3.05) is 19.0 Å². The molecular formula is C20H21NO4. The van der Waals surface area contributed by atoms with Crippen molar-refractivity contribution < 1.29 is 19.1 Å². The summed E-state index contributed by atoms with van der Waals surface area (Å²) in [7, 11) is 1.58. The van der Waals surface area contributed by atoms with Crippen molar-refractivity contribution >= 4 is 17.4 Å². The molecule has 0 unspecified atom stereocenters. The van der Waals surface area contributed by atoms with E-state index < -0.39 is 0 Å². The van der Waals surface area contributed by atoms with Gasteiger partial charge in [-0.05, 0) is 49.4 Å². The molecule has 0 aromatic heterocycles. The van der Waals surface area contributed by atoms with E-state index in [1.807, 2.05) is 0 Å². The Hall–Kier alpha value is -3.08. The van der Waals surface area contributed by atoms with Crippen LogP contribution in [0.2, 0.25) is 0 Å². The third kappa shape index (κ3) is 5.21. The molecule has 0 saturated carbocycles. The Bertz CT molecular complexity index is 766. The number of hydrogen-bond donors (Lipinski definition) is 1. The van der Waals surface area contributed by atoms with Gasteiger partial charge in [0.05, 0.1) is 25.7 Å². The van der Waals surface area contributed by atoms with Gasteiger partial charge in [0.15, 0.2) is 5.78 Å². The number of carbonyl (C=O) groups is 2. The lowest BCUT2D eigenvalue weighted by atomic mass is 10.1. The highest BCUT2D eigenvalue weighted by Gasteiger charge is 2.10. The molecule has 0 aliphatic carbocycles. The molecule has 0 radical (unpaired) electrons. The number of esters is 1. The Morgan fingerprint density at radius 3 is 2.44 bits per heavy atom. The monoisotopic (exact) mass is 339 g/mol. The number of ketones is 1. The van der Waals surface area contributed by atoms with E-state index in [4.69, 9.17) is 9.47 Å². The number of methoxy groups -OCH3 is 1. The summed E-state index contributed by atoms with van der Waals surface area (Å²) in [5.41, 5.74) is 2.25. The van der Waals surface area contributed by atoms with E-state index in [-0.39, 0.29) is 18.2 Å². The zero-order valence-electron chi connectivity index (χ0n) is 14.4. The third-order valence-electron chi connectivity index (χ3n) is 3.48. The van der Waals surface area contributed by atoms with Crippen molar-refractivity contribution in [3.63, 3.8) is 0 Å². The Kier molecular flexibility index (Phi) is 6.34. The summed E-state index contributed by atoms with van der Waals surface area (Å²) in [6.07, 6.45) is 0.149. The SMILES string of the molecule is C=C(CC(=O)c1ccc(OC)cc1)Nc1cccc(C(=O)OCC)c1. The second-order valence-corrected chi connectivity index (χ2v) is 5.36. The van der Waals surface area contributed by atoms with E-state index in [2.05, 4.69) is 11.9 Å². The fraction of sp³-hybridized carbons (Fsp3) is 0.200. The number of allylic oxidation sites excluding steroid dienone is 1. The largest absolute Gasteiger partial charge is 0.497 e. The van der Waals surface area contributed by atoms with Gasteiger partial charge in [-0.3, -0.25) is 4.79 Å². The van der Waals surface area contributed by atoms with Crippen molar-refractivity contribution in [2.24, 2.45) is 0 Å². The number of nitrogens with one attached hydrogen (secondary N) is 1. The molecule has 0 saturated heterocycles. The van der Waals surface area contributed by atoms with E-state index in [1.165, 1.54) is 0 Å². The average Bonchev–Trinajstić information content (AvgIpc) is 2.62. The number of hydrogen-bond acceptors (Lipinski definition) is 5. The molecule has 0 atom stereocenters. The van der Waals surface area contributed by atoms with E-state index in [0.717, 1.165) is 0 Å². The molecule has 25 heavy (non-hydrogen) atoms. The Morgan fingerprint density at radius 2 is 1.80 bits per heavy atom. The molecule has 0 heterocycles. The van der Waals surface area contributed by atoms with Crippen LogP contribution < -0.4 is 10.1 Å². The van der Waals surface area contributed by atoms with Gasteiger partial charge in [0.1, 0.15) is 5.75 Å². The van der Waals surface area contributed by atoms with Crippen LogP contribution in [0.4, 0.5) is 5.69 Å². The molecule has 0 spiro atoms. The first-order chi connectivity index (χ1) is 12.0. The molecule has 0 bridgehead atoms. The standard InChI is InChI=1S/C20H21NO4/c1-4-25-20(23)16-6-5-7-17(13-16)21-14(2)12-19(22)15-8-10-18(24-3)11-9-15/h5-11,13,21H,2,4,12H2,1,3H3. The number of rotatable bonds is 8. The van der Waals surface area contributed by atoms with Gasteiger partial charge in [0.25, 0.3) is 0 Å². The molecule has 0 aliphatic heterocycles. The van der Waals surface area contributed by atoms with Gasteiger partial charge < -0.3 is 14.8 Å². The van der Waals surface area contributed by atoms with Crippen LogP contribution in [0.1, 0.15) is 34.1 Å². The van der Waals surface area contributed by atoms with Gasteiger partial charge in [-0.2, -0.15) is 0 Å². The number of carbonyl (C=O) groups excluding carboxylic acids is 2. The van der Waals surface area contributed by atoms with E-state index in [1.54, 1.807) is 62.6 Å². The Labute approximate surface area is 147 Å². The van der Waals surface area contributed by atoms with Gasteiger partial charge in [-0.15, -0.1) is 0 Å². The summed E-state index contributed by atoms with van der Waals surface area (Å²) in [6, 6.07) is 13.8. The second-order valence-electron chi connectivity index (χ2n) is 5.36. The van der Waals surface area contributed by atoms with E-state index in [0.29, 0.717) is 34.9 Å². The lowest BCUT2D eigenvalue weighted by molar-refractivity contribution is 0.0526. The summed E-state index contributed by atoms with van der Waals surface area (Å²) in [5.74, 6) is 0.261. The lowest BCUT2D eigenvalue weighted by Gasteiger charge is -2.11. The van der Waals surface area contributed by atoms with Crippen molar-refractivity contribution in [3.8, 4) is 5.75 Å². The quantitative estimate of drug-likeness (QED) is 0.580. The van der Waals surface area contributed by atoms with Gasteiger partial charge in [0.2, 0.25) is 0 Å². The summed E-state index contributed by atoms with van der Waals surface area (Å²) in [4.78, 5) is 24.1. The minimum atomic E-state index is -0.383. The maximum Gasteiger partial charge on any atom is 0.338 e. The highest BCUT2D eigenvalue weighted by molar-refractivity contribution is 5.98. The average molecular weight is 339 g/mol. The molecule has 2 aromatic carbocycles. The fourth-order valence-corrected chi connectivity index (χ4v) is 2.26. The van der Waals surface area contributed by atoms with Crippen LogP contribution in [0, 0.1) is 0 Å². The van der Waals surface area contributed by atoms with Crippen LogP contribution in [-0.2, 0) is 4.74 Å². The summed E-state index contributed by atoms with van der Waals surface area (Å²) < 4.78 is 10.1. The van der Waals surface area contributed by atoms with Crippen LogP contribution >= 0.6 is 0 Å². The minimum Gasteiger partial charge on any atom is -0.497 e. The van der Waals surface area contributed by atoms with Crippen molar-refractivity contribution in [3.05, 3.63) is 71.9 Å². The van der Waals surface area contributed by atoms with Gasteiger partial charge >= 0.3 is 5.97 Å². The molecule has 2 aromatic rings. The van der Waals surface area contributed by atoms with Crippen molar-refractivity contribution in [1.82, 2.24) is 0 Å². The van der Waals surface area contributed by atoms with Crippen LogP contribution in [0.15, 0.2) is 60.8 Å². The lowest BCUT2D eigenvalue weighted by Crippen LogP contribution is -2.08. The van der Waals surface area contributed by atoms with Crippen LogP contribution in [0.25, 0.3) is 0 Å². The van der Waals surface area contributed by atoms with E-state index in [9.17, 15) is 9.59 Å². The first kappa shape index (κ1) is 18.3. The summed E-state index contributed by atoms with van der Waals surface area (Å²) in [6.45, 7) is 5.96. The molecule has 5 heteroatoms. The molecule has 5 nitrogen and oxygen atoms in total.